The summed E-state index contributed by atoms with van der Waals surface area (Å²) in [5, 5.41) is 0. The largest absolute Gasteiger partial charge is 0.330 e. The Morgan fingerprint density at radius 2 is 1.50 bits per heavy atom. The van der Waals surface area contributed by atoms with E-state index < -0.39 is 11.2 Å². The molecule has 4 aromatic rings. The Balaban J connectivity index is 1.91. The molecule has 164 valence electrons. The van der Waals surface area contributed by atoms with Gasteiger partial charge < -0.3 is 0 Å². The Kier molecular flexibility index (Phi) is 6.44. The van der Waals surface area contributed by atoms with E-state index in [4.69, 9.17) is 0 Å². The monoisotopic (exact) mass is 430 g/mol. The molecule has 0 aliphatic heterocycles. The molecule has 2 aromatic carbocycles. The van der Waals surface area contributed by atoms with E-state index in [1.165, 1.54) is 9.13 Å². The van der Waals surface area contributed by atoms with Crippen LogP contribution in [0.1, 0.15) is 36.6 Å². The van der Waals surface area contributed by atoms with Crippen molar-refractivity contribution >= 4 is 11.2 Å². The third-order valence-electron chi connectivity index (χ3n) is 5.56. The molecule has 2 aromatic heterocycles. The van der Waals surface area contributed by atoms with Gasteiger partial charge in [-0.1, -0.05) is 74.0 Å². The fraction of sp³-hybridized carbons (Fsp3) is 0.280. The quantitative estimate of drug-likeness (QED) is 0.465. The Hall–Kier alpha value is -3.74. The summed E-state index contributed by atoms with van der Waals surface area (Å²) in [4.78, 5) is 45.8. The Labute approximate surface area is 185 Å². The standard InChI is InChI=1S/C25H26N4O3/c1-2-3-16-28-22-21(23(30)27-25(28)32)29(17-19-12-8-5-9-13-19)24(31)20(26-22)15-14-18-10-6-4-7-11-18/h4-13H,2-3,14-17H2,1H3,(H,27,30,32). The molecular formula is C25H26N4O3. The maximum atomic E-state index is 13.4. The number of hydrogen-bond donors (Lipinski definition) is 1. The molecule has 0 atom stereocenters. The maximum Gasteiger partial charge on any atom is 0.330 e. The first-order valence-corrected chi connectivity index (χ1v) is 10.9. The minimum Gasteiger partial charge on any atom is -0.295 e. The summed E-state index contributed by atoms with van der Waals surface area (Å²) < 4.78 is 2.94. The normalized spacial score (nSPS) is 11.2. The molecule has 0 spiro atoms. The summed E-state index contributed by atoms with van der Waals surface area (Å²) in [5.74, 6) is 0. The molecule has 7 nitrogen and oxygen atoms in total. The second-order valence-electron chi connectivity index (χ2n) is 7.86. The van der Waals surface area contributed by atoms with Gasteiger partial charge in [-0.3, -0.25) is 23.7 Å². The van der Waals surface area contributed by atoms with Gasteiger partial charge in [0.15, 0.2) is 11.2 Å². The zero-order valence-electron chi connectivity index (χ0n) is 18.1. The number of H-pyrrole nitrogens is 1. The van der Waals surface area contributed by atoms with Crippen molar-refractivity contribution in [1.82, 2.24) is 19.1 Å². The lowest BCUT2D eigenvalue weighted by Crippen LogP contribution is -2.37. The van der Waals surface area contributed by atoms with Crippen molar-refractivity contribution in [2.24, 2.45) is 0 Å². The molecule has 0 amide bonds. The van der Waals surface area contributed by atoms with E-state index in [2.05, 4.69) is 9.97 Å². The molecule has 7 heteroatoms. The summed E-state index contributed by atoms with van der Waals surface area (Å²) in [6, 6.07) is 19.4. The van der Waals surface area contributed by atoms with Crippen molar-refractivity contribution in [2.45, 2.75) is 45.7 Å². The molecule has 1 N–H and O–H groups in total. The molecule has 32 heavy (non-hydrogen) atoms. The number of aromatic amines is 1. The van der Waals surface area contributed by atoms with Gasteiger partial charge in [0, 0.05) is 6.54 Å². The average Bonchev–Trinajstić information content (AvgIpc) is 2.81. The molecular weight excluding hydrogens is 404 g/mol. The lowest BCUT2D eigenvalue weighted by atomic mass is 10.1. The molecule has 2 heterocycles. The number of hydrogen-bond acceptors (Lipinski definition) is 4. The van der Waals surface area contributed by atoms with E-state index in [0.29, 0.717) is 25.1 Å². The SMILES string of the molecule is CCCCn1c(=O)[nH]c(=O)c2c1nc(CCc1ccccc1)c(=O)n2Cc1ccccc1. The van der Waals surface area contributed by atoms with Crippen molar-refractivity contribution in [1.29, 1.82) is 0 Å². The van der Waals surface area contributed by atoms with E-state index in [1.54, 1.807) is 0 Å². The van der Waals surface area contributed by atoms with Gasteiger partial charge in [0.05, 0.1) is 6.54 Å². The second-order valence-corrected chi connectivity index (χ2v) is 7.86. The third kappa shape index (κ3) is 4.46. The molecule has 0 unspecified atom stereocenters. The van der Waals surface area contributed by atoms with Crippen LogP contribution in [0.4, 0.5) is 0 Å². The fourth-order valence-corrected chi connectivity index (χ4v) is 3.85. The van der Waals surface area contributed by atoms with E-state index in [0.717, 1.165) is 24.0 Å². The molecule has 4 rings (SSSR count). The van der Waals surface area contributed by atoms with Gasteiger partial charge in [-0.2, -0.15) is 0 Å². The maximum absolute atomic E-state index is 13.4. The summed E-state index contributed by atoms with van der Waals surface area (Å²) in [6.07, 6.45) is 2.71. The number of nitrogens with one attached hydrogen (secondary N) is 1. The minimum atomic E-state index is -0.590. The third-order valence-corrected chi connectivity index (χ3v) is 5.56. The van der Waals surface area contributed by atoms with Crippen LogP contribution in [0.5, 0.6) is 0 Å². The van der Waals surface area contributed by atoms with Crippen LogP contribution in [0.2, 0.25) is 0 Å². The molecule has 0 saturated carbocycles. The van der Waals surface area contributed by atoms with Gasteiger partial charge in [-0.05, 0) is 30.4 Å². The number of benzene rings is 2. The molecule has 0 fully saturated rings. The number of aromatic nitrogens is 4. The van der Waals surface area contributed by atoms with Crippen LogP contribution in [0.3, 0.4) is 0 Å². The van der Waals surface area contributed by atoms with Crippen LogP contribution in [-0.4, -0.2) is 19.1 Å². The summed E-state index contributed by atoms with van der Waals surface area (Å²) in [5.41, 5.74) is 1.36. The summed E-state index contributed by atoms with van der Waals surface area (Å²) >= 11 is 0. The lowest BCUT2D eigenvalue weighted by Gasteiger charge is -2.15. The Morgan fingerprint density at radius 3 is 2.16 bits per heavy atom. The lowest BCUT2D eigenvalue weighted by molar-refractivity contribution is 0.605. The highest BCUT2D eigenvalue weighted by Crippen LogP contribution is 2.11. The molecule has 0 aliphatic carbocycles. The number of aryl methyl sites for hydroxylation is 3. The fourth-order valence-electron chi connectivity index (χ4n) is 3.85. The van der Waals surface area contributed by atoms with Crippen molar-refractivity contribution < 1.29 is 0 Å². The average molecular weight is 431 g/mol. The van der Waals surface area contributed by atoms with Gasteiger partial charge >= 0.3 is 5.69 Å². The smallest absolute Gasteiger partial charge is 0.295 e. The van der Waals surface area contributed by atoms with Crippen LogP contribution in [0, 0.1) is 0 Å². The van der Waals surface area contributed by atoms with Gasteiger partial charge in [-0.15, -0.1) is 0 Å². The van der Waals surface area contributed by atoms with Crippen LogP contribution in [-0.2, 0) is 25.9 Å². The minimum absolute atomic E-state index is 0.137. The molecule has 0 radical (unpaired) electrons. The number of unbranched alkanes of at least 4 members (excludes halogenated alkanes) is 1. The van der Waals surface area contributed by atoms with Gasteiger partial charge in [0.1, 0.15) is 5.69 Å². The summed E-state index contributed by atoms with van der Waals surface area (Å²) in [6.45, 7) is 2.69. The summed E-state index contributed by atoms with van der Waals surface area (Å²) in [7, 11) is 0. The van der Waals surface area contributed by atoms with E-state index in [1.807, 2.05) is 67.6 Å². The predicted molar refractivity (Wildman–Crippen MR) is 125 cm³/mol. The van der Waals surface area contributed by atoms with E-state index in [-0.39, 0.29) is 23.3 Å². The Morgan fingerprint density at radius 1 is 0.844 bits per heavy atom. The van der Waals surface area contributed by atoms with E-state index >= 15 is 0 Å². The Bertz CT molecular complexity index is 1390. The highest BCUT2D eigenvalue weighted by atomic mass is 16.2. The van der Waals surface area contributed by atoms with Gasteiger partial charge in [0.2, 0.25) is 0 Å². The highest BCUT2D eigenvalue weighted by Gasteiger charge is 2.18. The topological polar surface area (TPSA) is 89.8 Å². The molecule has 0 bridgehead atoms. The number of fused-ring (bicyclic) bond motifs is 1. The van der Waals surface area contributed by atoms with Crippen molar-refractivity contribution in [2.75, 3.05) is 0 Å². The molecule has 0 aliphatic rings. The van der Waals surface area contributed by atoms with Crippen molar-refractivity contribution in [3.63, 3.8) is 0 Å². The number of nitrogens with zero attached hydrogens (tertiary/aromatic N) is 3. The van der Waals surface area contributed by atoms with Crippen molar-refractivity contribution in [3.05, 3.63) is 109 Å². The van der Waals surface area contributed by atoms with Gasteiger partial charge in [-0.25, -0.2) is 9.78 Å². The van der Waals surface area contributed by atoms with E-state index in [9.17, 15) is 14.4 Å². The van der Waals surface area contributed by atoms with Crippen molar-refractivity contribution in [3.8, 4) is 0 Å². The van der Waals surface area contributed by atoms with Gasteiger partial charge in [0.25, 0.3) is 11.1 Å². The second kappa shape index (κ2) is 9.60. The van der Waals surface area contributed by atoms with Crippen LogP contribution in [0.25, 0.3) is 11.2 Å². The first kappa shape index (κ1) is 21.5. The molecule has 0 saturated heterocycles. The van der Waals surface area contributed by atoms with Crippen LogP contribution in [0.15, 0.2) is 75.0 Å². The highest BCUT2D eigenvalue weighted by molar-refractivity contribution is 5.69. The first-order valence-electron chi connectivity index (χ1n) is 10.9. The number of rotatable bonds is 8. The predicted octanol–water partition coefficient (Wildman–Crippen LogP) is 2.88. The van der Waals surface area contributed by atoms with Crippen LogP contribution >= 0.6 is 0 Å². The van der Waals surface area contributed by atoms with Crippen LogP contribution < -0.4 is 16.8 Å². The zero-order valence-corrected chi connectivity index (χ0v) is 18.1. The first-order chi connectivity index (χ1) is 15.6. The zero-order chi connectivity index (χ0) is 22.5.